The molecule has 0 atom stereocenters. The Labute approximate surface area is 153 Å². The zero-order chi connectivity index (χ0) is 19.0. The van der Waals surface area contributed by atoms with E-state index in [2.05, 4.69) is 10.0 Å². The van der Waals surface area contributed by atoms with E-state index in [0.717, 1.165) is 11.3 Å². The SMILES string of the molecule is COc1ccccc1CCC(=O)Nc1cccc(S(=O)(=O)NCCN)c1. The van der Waals surface area contributed by atoms with Crippen LogP contribution in [0.5, 0.6) is 5.75 Å². The van der Waals surface area contributed by atoms with Crippen molar-refractivity contribution in [3.8, 4) is 5.75 Å². The molecule has 140 valence electrons. The van der Waals surface area contributed by atoms with Gasteiger partial charge in [-0.2, -0.15) is 0 Å². The standard InChI is InChI=1S/C18H23N3O4S/c1-25-17-8-3-2-5-14(17)9-10-18(22)21-15-6-4-7-16(13-15)26(23,24)20-12-11-19/h2-8,13,20H,9-12,19H2,1H3,(H,21,22). The maximum absolute atomic E-state index is 12.2. The molecule has 2 rings (SSSR count). The van der Waals surface area contributed by atoms with Gasteiger partial charge in [0.1, 0.15) is 5.75 Å². The van der Waals surface area contributed by atoms with E-state index in [-0.39, 0.29) is 30.3 Å². The van der Waals surface area contributed by atoms with Crippen LogP contribution >= 0.6 is 0 Å². The van der Waals surface area contributed by atoms with E-state index in [4.69, 9.17) is 10.5 Å². The minimum atomic E-state index is -3.64. The molecule has 0 unspecified atom stereocenters. The Morgan fingerprint density at radius 3 is 2.65 bits per heavy atom. The predicted molar refractivity (Wildman–Crippen MR) is 101 cm³/mol. The number of nitrogens with one attached hydrogen (secondary N) is 2. The molecule has 0 saturated carbocycles. The molecule has 1 amide bonds. The Hall–Kier alpha value is -2.42. The van der Waals surface area contributed by atoms with Gasteiger partial charge in [-0.15, -0.1) is 0 Å². The van der Waals surface area contributed by atoms with Gasteiger partial charge in [0.25, 0.3) is 0 Å². The van der Waals surface area contributed by atoms with Gasteiger partial charge in [-0.1, -0.05) is 24.3 Å². The summed E-state index contributed by atoms with van der Waals surface area (Å²) in [4.78, 5) is 12.3. The highest BCUT2D eigenvalue weighted by atomic mass is 32.2. The van der Waals surface area contributed by atoms with Crippen LogP contribution in [0.25, 0.3) is 0 Å². The van der Waals surface area contributed by atoms with Crippen molar-refractivity contribution in [2.75, 3.05) is 25.5 Å². The Balaban J connectivity index is 2.00. The molecular formula is C18H23N3O4S. The molecule has 8 heteroatoms. The van der Waals surface area contributed by atoms with Gasteiger partial charge in [-0.05, 0) is 36.2 Å². The summed E-state index contributed by atoms with van der Waals surface area (Å²) in [5.41, 5.74) is 6.68. The monoisotopic (exact) mass is 377 g/mol. The average Bonchev–Trinajstić information content (AvgIpc) is 2.65. The van der Waals surface area contributed by atoms with Gasteiger partial charge in [-0.3, -0.25) is 4.79 Å². The number of carbonyl (C=O) groups is 1. The quantitative estimate of drug-likeness (QED) is 0.613. The van der Waals surface area contributed by atoms with Gasteiger partial charge in [0, 0.05) is 25.2 Å². The van der Waals surface area contributed by atoms with Crippen LogP contribution in [0.15, 0.2) is 53.4 Å². The van der Waals surface area contributed by atoms with Crippen LogP contribution in [0, 0.1) is 0 Å². The second-order valence-corrected chi connectivity index (χ2v) is 7.34. The fourth-order valence-corrected chi connectivity index (χ4v) is 3.49. The lowest BCUT2D eigenvalue weighted by Crippen LogP contribution is -2.29. The summed E-state index contributed by atoms with van der Waals surface area (Å²) in [6, 6.07) is 13.6. The molecule has 0 fully saturated rings. The van der Waals surface area contributed by atoms with Gasteiger partial charge >= 0.3 is 0 Å². The van der Waals surface area contributed by atoms with E-state index >= 15 is 0 Å². The molecule has 0 aliphatic heterocycles. The number of nitrogens with two attached hydrogens (primary N) is 1. The van der Waals surface area contributed by atoms with Gasteiger partial charge in [0.2, 0.25) is 15.9 Å². The number of amides is 1. The van der Waals surface area contributed by atoms with E-state index < -0.39 is 10.0 Å². The molecule has 7 nitrogen and oxygen atoms in total. The largest absolute Gasteiger partial charge is 0.496 e. The van der Waals surface area contributed by atoms with E-state index in [1.807, 2.05) is 24.3 Å². The van der Waals surface area contributed by atoms with Crippen molar-refractivity contribution in [1.82, 2.24) is 4.72 Å². The molecule has 0 aliphatic carbocycles. The molecule has 0 saturated heterocycles. The third-order valence-corrected chi connectivity index (χ3v) is 5.14. The van der Waals surface area contributed by atoms with Crippen LogP contribution in [0.4, 0.5) is 5.69 Å². The lowest BCUT2D eigenvalue weighted by atomic mass is 10.1. The second kappa shape index (κ2) is 9.33. The van der Waals surface area contributed by atoms with Crippen LogP contribution in [-0.4, -0.2) is 34.5 Å². The molecule has 4 N–H and O–H groups in total. The summed E-state index contributed by atoms with van der Waals surface area (Å²) in [7, 11) is -2.06. The number of anilines is 1. The molecule has 0 heterocycles. The molecule has 2 aromatic rings. The summed E-state index contributed by atoms with van der Waals surface area (Å²) >= 11 is 0. The number of ether oxygens (including phenoxy) is 1. The predicted octanol–water partition coefficient (Wildman–Crippen LogP) is 1.50. The number of benzene rings is 2. The molecule has 0 spiro atoms. The first-order valence-corrected chi connectivity index (χ1v) is 9.66. The van der Waals surface area contributed by atoms with Gasteiger partial charge in [0.05, 0.1) is 12.0 Å². The first-order valence-electron chi connectivity index (χ1n) is 8.18. The molecular weight excluding hydrogens is 354 g/mol. The lowest BCUT2D eigenvalue weighted by Gasteiger charge is -2.10. The second-order valence-electron chi connectivity index (χ2n) is 5.57. The number of para-hydroxylation sites is 1. The minimum Gasteiger partial charge on any atom is -0.496 e. The Morgan fingerprint density at radius 1 is 1.15 bits per heavy atom. The van der Waals surface area contributed by atoms with Crippen molar-refractivity contribution in [3.63, 3.8) is 0 Å². The van der Waals surface area contributed by atoms with E-state index in [0.29, 0.717) is 12.1 Å². The minimum absolute atomic E-state index is 0.0773. The van der Waals surface area contributed by atoms with Gasteiger partial charge in [0.15, 0.2) is 0 Å². The zero-order valence-corrected chi connectivity index (χ0v) is 15.4. The third-order valence-electron chi connectivity index (χ3n) is 3.68. The highest BCUT2D eigenvalue weighted by Gasteiger charge is 2.14. The number of hydrogen-bond donors (Lipinski definition) is 3. The number of methoxy groups -OCH3 is 1. The van der Waals surface area contributed by atoms with Crippen molar-refractivity contribution in [2.45, 2.75) is 17.7 Å². The average molecular weight is 377 g/mol. The van der Waals surface area contributed by atoms with Crippen molar-refractivity contribution in [1.29, 1.82) is 0 Å². The smallest absolute Gasteiger partial charge is 0.240 e. The lowest BCUT2D eigenvalue weighted by molar-refractivity contribution is -0.116. The molecule has 0 radical (unpaired) electrons. The maximum atomic E-state index is 12.2. The summed E-state index contributed by atoms with van der Waals surface area (Å²) in [6.45, 7) is 0.358. The molecule has 26 heavy (non-hydrogen) atoms. The van der Waals surface area contributed by atoms with Gasteiger partial charge in [-0.25, -0.2) is 13.1 Å². The highest BCUT2D eigenvalue weighted by molar-refractivity contribution is 7.89. The summed E-state index contributed by atoms with van der Waals surface area (Å²) in [6.07, 6.45) is 0.772. The Bertz CT molecular complexity index is 853. The van der Waals surface area contributed by atoms with Crippen LogP contribution in [-0.2, 0) is 21.2 Å². The number of aryl methyl sites for hydroxylation is 1. The molecule has 2 aromatic carbocycles. The normalized spacial score (nSPS) is 11.2. The number of rotatable bonds is 9. The number of sulfonamides is 1. The first-order chi connectivity index (χ1) is 12.5. The number of carbonyl (C=O) groups excluding carboxylic acids is 1. The van der Waals surface area contributed by atoms with Crippen molar-refractivity contribution < 1.29 is 17.9 Å². The third kappa shape index (κ3) is 5.55. The zero-order valence-electron chi connectivity index (χ0n) is 14.6. The highest BCUT2D eigenvalue weighted by Crippen LogP contribution is 2.20. The van der Waals surface area contributed by atoms with Crippen molar-refractivity contribution >= 4 is 21.6 Å². The Kier molecular flexibility index (Phi) is 7.14. The van der Waals surface area contributed by atoms with E-state index in [9.17, 15) is 13.2 Å². The van der Waals surface area contributed by atoms with E-state index in [1.54, 1.807) is 19.2 Å². The van der Waals surface area contributed by atoms with Crippen molar-refractivity contribution in [2.24, 2.45) is 5.73 Å². The topological polar surface area (TPSA) is 111 Å². The fraction of sp³-hybridized carbons (Fsp3) is 0.278. The van der Waals surface area contributed by atoms with Crippen LogP contribution in [0.1, 0.15) is 12.0 Å². The number of hydrogen-bond acceptors (Lipinski definition) is 5. The van der Waals surface area contributed by atoms with Crippen LogP contribution in [0.2, 0.25) is 0 Å². The fourth-order valence-electron chi connectivity index (χ4n) is 2.40. The van der Waals surface area contributed by atoms with E-state index in [1.165, 1.54) is 12.1 Å². The molecule has 0 aromatic heterocycles. The van der Waals surface area contributed by atoms with Gasteiger partial charge < -0.3 is 15.8 Å². The van der Waals surface area contributed by atoms with Crippen LogP contribution in [0.3, 0.4) is 0 Å². The summed E-state index contributed by atoms with van der Waals surface area (Å²) in [5.74, 6) is 0.528. The maximum Gasteiger partial charge on any atom is 0.240 e. The Morgan fingerprint density at radius 2 is 1.92 bits per heavy atom. The van der Waals surface area contributed by atoms with Crippen LogP contribution < -0.4 is 20.5 Å². The molecule has 0 aliphatic rings. The molecule has 0 bridgehead atoms. The summed E-state index contributed by atoms with van der Waals surface area (Å²) < 4.78 is 31.9. The summed E-state index contributed by atoms with van der Waals surface area (Å²) in [5, 5.41) is 2.72. The van der Waals surface area contributed by atoms with Crippen molar-refractivity contribution in [3.05, 3.63) is 54.1 Å². The first kappa shape index (κ1) is 19.9.